The number of nitrogens with one attached hydrogen (secondary N) is 2. The van der Waals surface area contributed by atoms with Crippen LogP contribution in [0.2, 0.25) is 0 Å². The standard InChI is InChI=1S/C15H26N4/c1-5-16-13-11(2)14(18-10-17-13)19-12-6-8-15(3,4)9-7-12/h10,12H,5-9H2,1-4H3,(H2,16,17,18,19). The zero-order valence-electron chi connectivity index (χ0n) is 12.6. The predicted molar refractivity (Wildman–Crippen MR) is 80.6 cm³/mol. The highest BCUT2D eigenvalue weighted by Crippen LogP contribution is 2.36. The summed E-state index contributed by atoms with van der Waals surface area (Å²) < 4.78 is 0. The Hall–Kier alpha value is -1.32. The van der Waals surface area contributed by atoms with Crippen LogP contribution in [-0.2, 0) is 0 Å². The molecule has 0 aromatic carbocycles. The molecule has 1 heterocycles. The molecule has 0 aliphatic heterocycles. The lowest BCUT2D eigenvalue weighted by Gasteiger charge is -2.35. The van der Waals surface area contributed by atoms with Crippen LogP contribution in [0.1, 0.15) is 52.0 Å². The van der Waals surface area contributed by atoms with E-state index >= 15 is 0 Å². The van der Waals surface area contributed by atoms with E-state index in [2.05, 4.69) is 48.3 Å². The number of nitrogens with zero attached hydrogens (tertiary/aromatic N) is 2. The van der Waals surface area contributed by atoms with Crippen LogP contribution in [0.3, 0.4) is 0 Å². The number of hydrogen-bond acceptors (Lipinski definition) is 4. The minimum Gasteiger partial charge on any atom is -0.370 e. The Bertz CT molecular complexity index is 418. The molecule has 1 aliphatic carbocycles. The van der Waals surface area contributed by atoms with Crippen molar-refractivity contribution in [2.45, 2.75) is 59.4 Å². The van der Waals surface area contributed by atoms with Crippen LogP contribution in [0.4, 0.5) is 11.6 Å². The summed E-state index contributed by atoms with van der Waals surface area (Å²) in [6, 6.07) is 0.552. The molecule has 1 fully saturated rings. The highest BCUT2D eigenvalue weighted by atomic mass is 15.1. The Labute approximate surface area is 116 Å². The van der Waals surface area contributed by atoms with E-state index in [1.54, 1.807) is 6.33 Å². The summed E-state index contributed by atoms with van der Waals surface area (Å²) in [6.07, 6.45) is 6.67. The molecule has 1 saturated carbocycles. The highest BCUT2D eigenvalue weighted by Gasteiger charge is 2.27. The average molecular weight is 262 g/mol. The van der Waals surface area contributed by atoms with Gasteiger partial charge in [0.1, 0.15) is 18.0 Å². The fourth-order valence-electron chi connectivity index (χ4n) is 2.68. The number of anilines is 2. The smallest absolute Gasteiger partial charge is 0.134 e. The Morgan fingerprint density at radius 2 is 1.84 bits per heavy atom. The second kappa shape index (κ2) is 5.76. The lowest BCUT2D eigenvalue weighted by atomic mass is 9.75. The van der Waals surface area contributed by atoms with Gasteiger partial charge in [-0.1, -0.05) is 13.8 Å². The average Bonchev–Trinajstić information content (AvgIpc) is 2.37. The topological polar surface area (TPSA) is 49.8 Å². The number of aromatic nitrogens is 2. The lowest BCUT2D eigenvalue weighted by Crippen LogP contribution is -2.30. The first-order chi connectivity index (χ1) is 9.02. The Balaban J connectivity index is 2.02. The van der Waals surface area contributed by atoms with E-state index in [0.29, 0.717) is 11.5 Å². The van der Waals surface area contributed by atoms with E-state index in [1.165, 1.54) is 25.7 Å². The summed E-state index contributed by atoms with van der Waals surface area (Å²) in [5.41, 5.74) is 1.63. The van der Waals surface area contributed by atoms with Crippen LogP contribution >= 0.6 is 0 Å². The van der Waals surface area contributed by atoms with Crippen molar-refractivity contribution in [3.8, 4) is 0 Å². The van der Waals surface area contributed by atoms with Crippen LogP contribution in [0, 0.1) is 12.3 Å². The van der Waals surface area contributed by atoms with Crippen molar-refractivity contribution in [2.24, 2.45) is 5.41 Å². The van der Waals surface area contributed by atoms with Gasteiger partial charge >= 0.3 is 0 Å². The molecular weight excluding hydrogens is 236 g/mol. The fraction of sp³-hybridized carbons (Fsp3) is 0.733. The third-order valence-corrected chi connectivity index (χ3v) is 4.11. The maximum atomic E-state index is 4.39. The molecule has 1 aromatic rings. The molecule has 0 bridgehead atoms. The van der Waals surface area contributed by atoms with Gasteiger partial charge in [-0.2, -0.15) is 0 Å². The third kappa shape index (κ3) is 3.58. The van der Waals surface area contributed by atoms with E-state index in [9.17, 15) is 0 Å². The van der Waals surface area contributed by atoms with Crippen molar-refractivity contribution < 1.29 is 0 Å². The van der Waals surface area contributed by atoms with Crippen molar-refractivity contribution in [1.29, 1.82) is 0 Å². The monoisotopic (exact) mass is 262 g/mol. The van der Waals surface area contributed by atoms with Gasteiger partial charge in [-0.25, -0.2) is 9.97 Å². The molecule has 4 nitrogen and oxygen atoms in total. The fourth-order valence-corrected chi connectivity index (χ4v) is 2.68. The Morgan fingerprint density at radius 1 is 1.21 bits per heavy atom. The number of hydrogen-bond donors (Lipinski definition) is 2. The largest absolute Gasteiger partial charge is 0.370 e. The predicted octanol–water partition coefficient (Wildman–Crippen LogP) is 3.60. The molecule has 106 valence electrons. The summed E-state index contributed by atoms with van der Waals surface area (Å²) in [5, 5.41) is 6.87. The molecule has 4 heteroatoms. The minimum absolute atomic E-state index is 0.508. The summed E-state index contributed by atoms with van der Waals surface area (Å²) in [7, 11) is 0. The maximum Gasteiger partial charge on any atom is 0.134 e. The molecule has 2 N–H and O–H groups in total. The summed E-state index contributed by atoms with van der Waals surface area (Å²) in [5.74, 6) is 1.92. The number of rotatable bonds is 4. The normalized spacial score (nSPS) is 19.2. The third-order valence-electron chi connectivity index (χ3n) is 4.11. The van der Waals surface area contributed by atoms with E-state index in [1.807, 2.05) is 0 Å². The molecule has 19 heavy (non-hydrogen) atoms. The van der Waals surface area contributed by atoms with Gasteiger partial charge in [-0.15, -0.1) is 0 Å². The zero-order chi connectivity index (χ0) is 13.9. The highest BCUT2D eigenvalue weighted by molar-refractivity contribution is 5.56. The molecule has 0 amide bonds. The van der Waals surface area contributed by atoms with Crippen LogP contribution in [0.15, 0.2) is 6.33 Å². The van der Waals surface area contributed by atoms with Crippen LogP contribution < -0.4 is 10.6 Å². The van der Waals surface area contributed by atoms with E-state index < -0.39 is 0 Å². The van der Waals surface area contributed by atoms with Gasteiger partial charge in [-0.05, 0) is 44.9 Å². The van der Waals surface area contributed by atoms with Crippen LogP contribution in [0.5, 0.6) is 0 Å². The van der Waals surface area contributed by atoms with Crippen molar-refractivity contribution in [3.63, 3.8) is 0 Å². The molecule has 2 rings (SSSR count). The molecule has 1 aromatic heterocycles. The quantitative estimate of drug-likeness (QED) is 0.870. The van der Waals surface area contributed by atoms with E-state index in [0.717, 1.165) is 23.7 Å². The van der Waals surface area contributed by atoms with Gasteiger partial charge in [0.05, 0.1) is 0 Å². The molecule has 1 aliphatic rings. The summed E-state index contributed by atoms with van der Waals surface area (Å²) in [4.78, 5) is 8.67. The molecule has 0 spiro atoms. The van der Waals surface area contributed by atoms with Crippen molar-refractivity contribution in [2.75, 3.05) is 17.2 Å². The van der Waals surface area contributed by atoms with E-state index in [-0.39, 0.29) is 0 Å². The first-order valence-electron chi connectivity index (χ1n) is 7.34. The van der Waals surface area contributed by atoms with Gasteiger partial charge < -0.3 is 10.6 Å². The van der Waals surface area contributed by atoms with Gasteiger partial charge in [0.15, 0.2) is 0 Å². The maximum absolute atomic E-state index is 4.39. The molecule has 0 unspecified atom stereocenters. The molecular formula is C15H26N4. The zero-order valence-corrected chi connectivity index (χ0v) is 12.6. The van der Waals surface area contributed by atoms with Crippen LogP contribution in [-0.4, -0.2) is 22.6 Å². The Morgan fingerprint density at radius 3 is 2.47 bits per heavy atom. The van der Waals surface area contributed by atoms with E-state index in [4.69, 9.17) is 0 Å². The van der Waals surface area contributed by atoms with Crippen LogP contribution in [0.25, 0.3) is 0 Å². The minimum atomic E-state index is 0.508. The second-order valence-electron chi connectivity index (χ2n) is 6.31. The SMILES string of the molecule is CCNc1ncnc(NC2CCC(C)(C)CC2)c1C. The Kier molecular flexibility index (Phi) is 4.27. The van der Waals surface area contributed by atoms with Crippen molar-refractivity contribution in [3.05, 3.63) is 11.9 Å². The molecule has 0 radical (unpaired) electrons. The van der Waals surface area contributed by atoms with Gasteiger partial charge in [0, 0.05) is 18.2 Å². The first kappa shape index (κ1) is 14.1. The van der Waals surface area contributed by atoms with Crippen molar-refractivity contribution >= 4 is 11.6 Å². The van der Waals surface area contributed by atoms with Crippen molar-refractivity contribution in [1.82, 2.24) is 9.97 Å². The summed E-state index contributed by atoms with van der Waals surface area (Å²) >= 11 is 0. The van der Waals surface area contributed by atoms with Gasteiger partial charge in [-0.3, -0.25) is 0 Å². The van der Waals surface area contributed by atoms with Gasteiger partial charge in [0.2, 0.25) is 0 Å². The summed E-state index contributed by atoms with van der Waals surface area (Å²) in [6.45, 7) is 9.77. The molecule has 0 saturated heterocycles. The second-order valence-corrected chi connectivity index (χ2v) is 6.31. The first-order valence-corrected chi connectivity index (χ1v) is 7.34. The lowest BCUT2D eigenvalue weighted by molar-refractivity contribution is 0.232. The van der Waals surface area contributed by atoms with Gasteiger partial charge in [0.25, 0.3) is 0 Å². The molecule has 0 atom stereocenters.